The molecule has 1 aliphatic rings. The van der Waals surface area contributed by atoms with Gasteiger partial charge in [-0.3, -0.25) is 4.98 Å². The fourth-order valence-corrected chi connectivity index (χ4v) is 5.03. The molecule has 6 nitrogen and oxygen atoms in total. The number of rotatable bonds is 3. The predicted molar refractivity (Wildman–Crippen MR) is 100 cm³/mol. The van der Waals surface area contributed by atoms with Gasteiger partial charge in [0.1, 0.15) is 17.4 Å². The largest absolute Gasteiger partial charge is 0.490 e. The minimum absolute atomic E-state index is 0.0469. The Kier molecular flexibility index (Phi) is 4.94. The van der Waals surface area contributed by atoms with E-state index in [1.165, 1.54) is 11.3 Å². The van der Waals surface area contributed by atoms with Crippen molar-refractivity contribution >= 4 is 38.6 Å². The second-order valence-electron chi connectivity index (χ2n) is 7.19. The molecule has 152 valence electrons. The van der Waals surface area contributed by atoms with Gasteiger partial charge in [0.25, 0.3) is 0 Å². The molecular formula is C19H17F3N4O2S. The van der Waals surface area contributed by atoms with Crippen LogP contribution >= 0.6 is 11.3 Å². The first-order valence-corrected chi connectivity index (χ1v) is 10.0. The molecule has 0 N–H and O–H groups in total. The minimum atomic E-state index is -5.06. The lowest BCUT2D eigenvalue weighted by Gasteiger charge is -2.36. The molecule has 3 heterocycles. The molecule has 0 aliphatic heterocycles. The van der Waals surface area contributed by atoms with E-state index in [1.54, 1.807) is 6.20 Å². The average Bonchev–Trinajstić information content (AvgIpc) is 3.25. The Morgan fingerprint density at radius 1 is 1.41 bits per heavy atom. The first kappa shape index (κ1) is 19.6. The number of alkyl halides is 3. The zero-order valence-electron chi connectivity index (χ0n) is 15.4. The number of pyridine rings is 1. The van der Waals surface area contributed by atoms with Crippen LogP contribution in [0.4, 0.5) is 13.2 Å². The SMILES string of the molecule is Cc1nc2cnc3ccsc3c2n1[C@H]1CC[C@H](CC#N)[C@H](OC(=O)C(F)(F)F)C1. The highest BCUT2D eigenvalue weighted by Crippen LogP contribution is 2.40. The van der Waals surface area contributed by atoms with Crippen molar-refractivity contribution in [1.82, 2.24) is 14.5 Å². The summed E-state index contributed by atoms with van der Waals surface area (Å²) in [5.41, 5.74) is 2.45. The highest BCUT2D eigenvalue weighted by atomic mass is 32.1. The van der Waals surface area contributed by atoms with E-state index >= 15 is 0 Å². The number of hydrogen-bond donors (Lipinski definition) is 0. The molecule has 1 saturated carbocycles. The molecule has 0 aromatic carbocycles. The summed E-state index contributed by atoms with van der Waals surface area (Å²) < 4.78 is 46.0. The Bertz CT molecular complexity index is 1110. The van der Waals surface area contributed by atoms with Crippen LogP contribution in [0.2, 0.25) is 0 Å². The number of carbonyl (C=O) groups is 1. The molecule has 0 unspecified atom stereocenters. The predicted octanol–water partition coefficient (Wildman–Crippen LogP) is 4.68. The van der Waals surface area contributed by atoms with Crippen LogP contribution in [0.5, 0.6) is 0 Å². The van der Waals surface area contributed by atoms with Gasteiger partial charge in [-0.15, -0.1) is 11.3 Å². The number of carbonyl (C=O) groups excluding carboxylic acids is 1. The number of ether oxygens (including phenoxy) is 1. The fraction of sp³-hybridized carbons (Fsp3) is 0.474. The lowest BCUT2D eigenvalue weighted by atomic mass is 9.81. The van der Waals surface area contributed by atoms with Crippen molar-refractivity contribution in [2.75, 3.05) is 0 Å². The van der Waals surface area contributed by atoms with Crippen molar-refractivity contribution in [3.8, 4) is 6.07 Å². The molecule has 0 spiro atoms. The standard InChI is InChI=1S/C19H17F3N4O2S/c1-10-25-14-9-24-13-5-7-29-17(13)16(14)26(10)12-3-2-11(4-6-23)15(8-12)28-18(27)19(20,21)22/h5,7,9,11-12,15H,2-4,8H2,1H3/t11-,12+,15-/m1/s1. The van der Waals surface area contributed by atoms with E-state index in [2.05, 4.69) is 9.97 Å². The summed E-state index contributed by atoms with van der Waals surface area (Å²) in [4.78, 5) is 20.4. The topological polar surface area (TPSA) is 80.8 Å². The Morgan fingerprint density at radius 3 is 2.93 bits per heavy atom. The first-order chi connectivity index (χ1) is 13.8. The molecule has 3 aromatic rings. The number of imidazole rings is 1. The molecule has 0 amide bonds. The smallest absolute Gasteiger partial charge is 0.455 e. The Morgan fingerprint density at radius 2 is 2.21 bits per heavy atom. The number of nitriles is 1. The summed E-state index contributed by atoms with van der Waals surface area (Å²) in [6, 6.07) is 3.71. The molecule has 4 rings (SSSR count). The van der Waals surface area contributed by atoms with E-state index in [9.17, 15) is 18.0 Å². The third kappa shape index (κ3) is 3.55. The summed E-state index contributed by atoms with van der Waals surface area (Å²) in [6.07, 6.45) is -2.94. The van der Waals surface area contributed by atoms with Gasteiger partial charge in [0.2, 0.25) is 0 Å². The highest BCUT2D eigenvalue weighted by molar-refractivity contribution is 7.18. The number of aryl methyl sites for hydroxylation is 1. The number of halogens is 3. The van der Waals surface area contributed by atoms with E-state index in [0.717, 1.165) is 27.1 Å². The molecule has 10 heteroatoms. The zero-order chi connectivity index (χ0) is 20.8. The summed E-state index contributed by atoms with van der Waals surface area (Å²) >= 11 is 1.53. The number of nitrogens with zero attached hydrogens (tertiary/aromatic N) is 4. The van der Waals surface area contributed by atoms with Gasteiger partial charge in [0.05, 0.1) is 28.0 Å². The van der Waals surface area contributed by atoms with E-state index < -0.39 is 24.2 Å². The van der Waals surface area contributed by atoms with E-state index in [4.69, 9.17) is 10.00 Å². The van der Waals surface area contributed by atoms with Crippen molar-refractivity contribution in [2.45, 2.75) is 50.9 Å². The average molecular weight is 422 g/mol. The third-order valence-electron chi connectivity index (χ3n) is 5.41. The molecule has 3 aromatic heterocycles. The summed E-state index contributed by atoms with van der Waals surface area (Å²) in [6.45, 7) is 1.84. The second kappa shape index (κ2) is 7.30. The maximum atomic E-state index is 12.7. The normalized spacial score (nSPS) is 22.7. The van der Waals surface area contributed by atoms with Crippen LogP contribution in [0.3, 0.4) is 0 Å². The van der Waals surface area contributed by atoms with Crippen LogP contribution in [-0.2, 0) is 9.53 Å². The van der Waals surface area contributed by atoms with Crippen LogP contribution in [0, 0.1) is 24.2 Å². The van der Waals surface area contributed by atoms with Gasteiger partial charge in [0, 0.05) is 24.8 Å². The Labute approximate surface area is 167 Å². The molecule has 0 bridgehead atoms. The van der Waals surface area contributed by atoms with Gasteiger partial charge in [-0.05, 0) is 31.2 Å². The van der Waals surface area contributed by atoms with Crippen molar-refractivity contribution in [3.05, 3.63) is 23.5 Å². The van der Waals surface area contributed by atoms with Crippen LogP contribution < -0.4 is 0 Å². The molecule has 3 atom stereocenters. The molecule has 0 radical (unpaired) electrons. The Balaban J connectivity index is 1.71. The maximum Gasteiger partial charge on any atom is 0.490 e. The summed E-state index contributed by atoms with van der Waals surface area (Å²) in [7, 11) is 0. The third-order valence-corrected chi connectivity index (χ3v) is 6.32. The van der Waals surface area contributed by atoms with Crippen LogP contribution in [-0.4, -0.2) is 32.8 Å². The second-order valence-corrected chi connectivity index (χ2v) is 8.10. The summed E-state index contributed by atoms with van der Waals surface area (Å²) in [5, 5.41) is 11.0. The number of thiophene rings is 1. The molecule has 0 saturated heterocycles. The van der Waals surface area contributed by atoms with Crippen LogP contribution in [0.15, 0.2) is 17.6 Å². The lowest BCUT2D eigenvalue weighted by molar-refractivity contribution is -0.209. The molecular weight excluding hydrogens is 405 g/mol. The van der Waals surface area contributed by atoms with Crippen LogP contribution in [0.1, 0.15) is 37.5 Å². The first-order valence-electron chi connectivity index (χ1n) is 9.15. The maximum absolute atomic E-state index is 12.7. The van der Waals surface area contributed by atoms with E-state index in [-0.39, 0.29) is 18.9 Å². The zero-order valence-corrected chi connectivity index (χ0v) is 16.3. The quantitative estimate of drug-likeness (QED) is 0.573. The number of fused-ring (bicyclic) bond motifs is 3. The highest BCUT2D eigenvalue weighted by Gasteiger charge is 2.45. The van der Waals surface area contributed by atoms with Gasteiger partial charge >= 0.3 is 12.1 Å². The van der Waals surface area contributed by atoms with Crippen molar-refractivity contribution in [2.24, 2.45) is 5.92 Å². The lowest BCUT2D eigenvalue weighted by Crippen LogP contribution is -2.38. The number of aromatic nitrogens is 3. The molecule has 29 heavy (non-hydrogen) atoms. The van der Waals surface area contributed by atoms with Crippen molar-refractivity contribution in [3.63, 3.8) is 0 Å². The van der Waals surface area contributed by atoms with Gasteiger partial charge < -0.3 is 9.30 Å². The number of esters is 1. The Hall–Kier alpha value is -2.67. The van der Waals surface area contributed by atoms with Gasteiger partial charge in [-0.1, -0.05) is 0 Å². The molecule has 1 aliphatic carbocycles. The minimum Gasteiger partial charge on any atom is -0.455 e. The van der Waals surface area contributed by atoms with Gasteiger partial charge in [-0.2, -0.15) is 18.4 Å². The van der Waals surface area contributed by atoms with Crippen molar-refractivity contribution in [1.29, 1.82) is 5.26 Å². The molecule has 1 fully saturated rings. The van der Waals surface area contributed by atoms with Gasteiger partial charge in [0.15, 0.2) is 0 Å². The number of hydrogen-bond acceptors (Lipinski definition) is 6. The van der Waals surface area contributed by atoms with Crippen LogP contribution in [0.25, 0.3) is 21.3 Å². The fourth-order valence-electron chi connectivity index (χ4n) is 4.15. The van der Waals surface area contributed by atoms with Gasteiger partial charge in [-0.25, -0.2) is 9.78 Å². The van der Waals surface area contributed by atoms with E-state index in [1.807, 2.05) is 29.0 Å². The van der Waals surface area contributed by atoms with Crippen molar-refractivity contribution < 1.29 is 22.7 Å². The van der Waals surface area contributed by atoms with E-state index in [0.29, 0.717) is 12.8 Å². The summed E-state index contributed by atoms with van der Waals surface area (Å²) in [5.74, 6) is -1.89. The monoisotopic (exact) mass is 422 g/mol.